The minimum atomic E-state index is -1.25. The monoisotopic (exact) mass is 408 g/mol. The maximum atomic E-state index is 10.4. The molecule has 0 amide bonds. The highest BCUT2D eigenvalue weighted by molar-refractivity contribution is 14.1. The van der Waals surface area contributed by atoms with E-state index < -0.39 is 24.1 Å². The van der Waals surface area contributed by atoms with Crippen LogP contribution < -0.4 is 4.74 Å². The Labute approximate surface area is 138 Å². The molecule has 21 heavy (non-hydrogen) atoms. The Morgan fingerprint density at radius 2 is 1.95 bits per heavy atom. The SMILES string of the molecule is COc1ccc(CO[C@@H]2O[C@@H](C)[C@H](O)[C@@](C)(O)[C@H]2I)cc1. The van der Waals surface area contributed by atoms with Crippen LogP contribution >= 0.6 is 22.6 Å². The summed E-state index contributed by atoms with van der Waals surface area (Å²) in [5, 5.41) is 20.4. The second-order valence-electron chi connectivity index (χ2n) is 5.44. The number of hydrogen-bond donors (Lipinski definition) is 2. The minimum Gasteiger partial charge on any atom is -0.497 e. The predicted octanol–water partition coefficient (Wildman–Crippen LogP) is 1.87. The fraction of sp³-hybridized carbons (Fsp3) is 0.600. The van der Waals surface area contributed by atoms with E-state index in [0.29, 0.717) is 6.61 Å². The maximum absolute atomic E-state index is 10.4. The Bertz CT molecular complexity index is 462. The first-order chi connectivity index (χ1) is 9.86. The molecule has 0 unspecified atom stereocenters. The smallest absolute Gasteiger partial charge is 0.173 e. The Kier molecular flexibility index (Phi) is 5.48. The van der Waals surface area contributed by atoms with E-state index in [0.717, 1.165) is 11.3 Å². The van der Waals surface area contributed by atoms with Gasteiger partial charge in [0.1, 0.15) is 17.5 Å². The van der Waals surface area contributed by atoms with Gasteiger partial charge in [0.2, 0.25) is 0 Å². The first-order valence-electron chi connectivity index (χ1n) is 6.80. The van der Waals surface area contributed by atoms with Crippen LogP contribution in [0.15, 0.2) is 24.3 Å². The average Bonchev–Trinajstić information content (AvgIpc) is 2.48. The number of alkyl halides is 1. The molecule has 1 aromatic carbocycles. The molecule has 5 nitrogen and oxygen atoms in total. The lowest BCUT2D eigenvalue weighted by molar-refractivity contribution is -0.266. The van der Waals surface area contributed by atoms with Crippen molar-refractivity contribution in [2.45, 2.75) is 48.5 Å². The lowest BCUT2D eigenvalue weighted by Crippen LogP contribution is -2.62. The summed E-state index contributed by atoms with van der Waals surface area (Å²) in [6, 6.07) is 7.57. The molecule has 2 N–H and O–H groups in total. The van der Waals surface area contributed by atoms with Crippen molar-refractivity contribution in [3.63, 3.8) is 0 Å². The number of hydrogen-bond acceptors (Lipinski definition) is 5. The van der Waals surface area contributed by atoms with Gasteiger partial charge in [0.05, 0.1) is 23.7 Å². The molecule has 1 aliphatic heterocycles. The second-order valence-corrected chi connectivity index (χ2v) is 6.78. The van der Waals surface area contributed by atoms with E-state index in [9.17, 15) is 10.2 Å². The molecule has 0 saturated carbocycles. The quantitative estimate of drug-likeness (QED) is 0.588. The van der Waals surface area contributed by atoms with Gasteiger partial charge in [-0.05, 0) is 31.5 Å². The van der Waals surface area contributed by atoms with Gasteiger partial charge in [-0.2, -0.15) is 0 Å². The van der Waals surface area contributed by atoms with Crippen LogP contribution in [0.5, 0.6) is 5.75 Å². The molecule has 6 heteroatoms. The minimum absolute atomic E-state index is 0.362. The van der Waals surface area contributed by atoms with Crippen LogP contribution in [0.4, 0.5) is 0 Å². The van der Waals surface area contributed by atoms with Crippen molar-refractivity contribution in [3.8, 4) is 5.75 Å². The third kappa shape index (κ3) is 3.68. The molecule has 0 bridgehead atoms. The van der Waals surface area contributed by atoms with Gasteiger partial charge in [-0.15, -0.1) is 0 Å². The number of aliphatic hydroxyl groups excluding tert-OH is 1. The molecule has 1 saturated heterocycles. The standard InChI is InChI=1S/C15H21IO5/c1-9-13(17)15(2,18)12(16)14(21-9)20-8-10-4-6-11(19-3)7-5-10/h4-7,9,12-14,17-18H,8H2,1-3H3/t9-,12-,13-,14+,15-/m0/s1. The highest BCUT2D eigenvalue weighted by Crippen LogP contribution is 2.35. The van der Waals surface area contributed by atoms with Gasteiger partial charge in [-0.1, -0.05) is 34.7 Å². The summed E-state index contributed by atoms with van der Waals surface area (Å²) in [6.07, 6.45) is -1.98. The third-order valence-corrected chi connectivity index (χ3v) is 5.61. The summed E-state index contributed by atoms with van der Waals surface area (Å²) < 4.78 is 16.2. The summed E-state index contributed by atoms with van der Waals surface area (Å²) in [5.41, 5.74) is -0.260. The second kappa shape index (κ2) is 6.78. The number of ether oxygens (including phenoxy) is 3. The zero-order valence-electron chi connectivity index (χ0n) is 12.3. The Hall–Kier alpha value is -0.410. The van der Waals surface area contributed by atoms with E-state index in [4.69, 9.17) is 14.2 Å². The van der Waals surface area contributed by atoms with Crippen molar-refractivity contribution in [1.82, 2.24) is 0 Å². The number of halogens is 1. The number of rotatable bonds is 4. The first kappa shape index (κ1) is 17.0. The molecule has 1 aliphatic rings. The van der Waals surface area contributed by atoms with Crippen LogP contribution in [-0.4, -0.2) is 45.3 Å². The van der Waals surface area contributed by atoms with Gasteiger partial charge in [0.25, 0.3) is 0 Å². The van der Waals surface area contributed by atoms with Gasteiger partial charge in [-0.25, -0.2) is 0 Å². The molecule has 1 fully saturated rings. The maximum Gasteiger partial charge on any atom is 0.173 e. The summed E-state index contributed by atoms with van der Waals surface area (Å²) in [7, 11) is 1.62. The third-order valence-electron chi connectivity index (χ3n) is 3.76. The zero-order valence-corrected chi connectivity index (χ0v) is 14.5. The first-order valence-corrected chi connectivity index (χ1v) is 8.05. The van der Waals surface area contributed by atoms with Crippen LogP contribution in [0.1, 0.15) is 19.4 Å². The molecule has 0 aromatic heterocycles. The van der Waals surface area contributed by atoms with Crippen molar-refractivity contribution in [2.24, 2.45) is 0 Å². The normalized spacial score (nSPS) is 36.5. The van der Waals surface area contributed by atoms with E-state index in [2.05, 4.69) is 22.6 Å². The summed E-state index contributed by atoms with van der Waals surface area (Å²) in [6.45, 7) is 3.70. The molecule has 0 radical (unpaired) electrons. The van der Waals surface area contributed by atoms with Crippen molar-refractivity contribution < 1.29 is 24.4 Å². The van der Waals surface area contributed by atoms with Crippen LogP contribution in [0.2, 0.25) is 0 Å². The molecular formula is C15H21IO5. The Balaban J connectivity index is 1.98. The van der Waals surface area contributed by atoms with Crippen molar-refractivity contribution in [1.29, 1.82) is 0 Å². The summed E-state index contributed by atoms with van der Waals surface area (Å²) in [4.78, 5) is 0. The molecular weight excluding hydrogens is 387 g/mol. The zero-order chi connectivity index (χ0) is 15.6. The van der Waals surface area contributed by atoms with E-state index in [-0.39, 0.29) is 3.92 Å². The highest BCUT2D eigenvalue weighted by Gasteiger charge is 2.50. The van der Waals surface area contributed by atoms with Crippen molar-refractivity contribution >= 4 is 22.6 Å². The van der Waals surface area contributed by atoms with Crippen LogP contribution in [0, 0.1) is 0 Å². The van der Waals surface area contributed by atoms with E-state index in [1.165, 1.54) is 0 Å². The number of aliphatic hydroxyl groups is 2. The predicted molar refractivity (Wildman–Crippen MR) is 86.6 cm³/mol. The topological polar surface area (TPSA) is 68.2 Å². The summed E-state index contributed by atoms with van der Waals surface area (Å²) >= 11 is 2.06. The Morgan fingerprint density at radius 1 is 1.33 bits per heavy atom. The number of methoxy groups -OCH3 is 1. The molecule has 0 spiro atoms. The molecule has 1 heterocycles. The van der Waals surface area contributed by atoms with Gasteiger partial charge < -0.3 is 24.4 Å². The fourth-order valence-corrected chi connectivity index (χ4v) is 3.04. The lowest BCUT2D eigenvalue weighted by Gasteiger charge is -2.45. The Morgan fingerprint density at radius 3 is 2.52 bits per heavy atom. The molecule has 2 rings (SSSR count). The van der Waals surface area contributed by atoms with Crippen LogP contribution in [0.3, 0.4) is 0 Å². The molecule has 0 aliphatic carbocycles. The van der Waals surface area contributed by atoms with Crippen molar-refractivity contribution in [2.75, 3.05) is 7.11 Å². The largest absolute Gasteiger partial charge is 0.497 e. The van der Waals surface area contributed by atoms with Gasteiger partial charge in [0.15, 0.2) is 6.29 Å². The molecule has 5 atom stereocenters. The van der Waals surface area contributed by atoms with Gasteiger partial charge in [0, 0.05) is 0 Å². The van der Waals surface area contributed by atoms with Gasteiger partial charge >= 0.3 is 0 Å². The van der Waals surface area contributed by atoms with E-state index in [1.807, 2.05) is 24.3 Å². The van der Waals surface area contributed by atoms with E-state index >= 15 is 0 Å². The average molecular weight is 408 g/mol. The molecule has 1 aromatic rings. The molecule has 118 valence electrons. The fourth-order valence-electron chi connectivity index (χ4n) is 2.29. The summed E-state index contributed by atoms with van der Waals surface area (Å²) in [5.74, 6) is 0.791. The lowest BCUT2D eigenvalue weighted by atomic mass is 9.89. The highest BCUT2D eigenvalue weighted by atomic mass is 127. The van der Waals surface area contributed by atoms with Gasteiger partial charge in [-0.3, -0.25) is 0 Å². The van der Waals surface area contributed by atoms with E-state index in [1.54, 1.807) is 21.0 Å². The van der Waals surface area contributed by atoms with Crippen molar-refractivity contribution in [3.05, 3.63) is 29.8 Å². The van der Waals surface area contributed by atoms with Crippen LogP contribution in [0.25, 0.3) is 0 Å². The number of benzene rings is 1. The van der Waals surface area contributed by atoms with Crippen LogP contribution in [-0.2, 0) is 16.1 Å².